The first-order chi connectivity index (χ1) is 9.70. The standard InChI is InChI=1S/C13H19N5O2/c1-2-5-15-11-8-14-7-10(17-11)13(20)18-9-4-3-6-16-12(9)19/h7-9H,2-6H2,1H3,(H,15,17)(H,16,19)(H,18,20). The van der Waals surface area contributed by atoms with Crippen LogP contribution in [0.2, 0.25) is 0 Å². The van der Waals surface area contributed by atoms with E-state index in [2.05, 4.69) is 25.9 Å². The Morgan fingerprint density at radius 3 is 3.10 bits per heavy atom. The van der Waals surface area contributed by atoms with Crippen molar-refractivity contribution >= 4 is 17.6 Å². The monoisotopic (exact) mass is 277 g/mol. The van der Waals surface area contributed by atoms with Gasteiger partial charge in [-0.1, -0.05) is 6.92 Å². The maximum atomic E-state index is 12.1. The van der Waals surface area contributed by atoms with E-state index in [1.165, 1.54) is 6.20 Å². The van der Waals surface area contributed by atoms with Gasteiger partial charge in [-0.25, -0.2) is 4.98 Å². The summed E-state index contributed by atoms with van der Waals surface area (Å²) in [4.78, 5) is 31.8. The van der Waals surface area contributed by atoms with Crippen LogP contribution in [0, 0.1) is 0 Å². The molecular weight excluding hydrogens is 258 g/mol. The molecule has 1 aliphatic rings. The minimum atomic E-state index is -0.481. The molecule has 1 aliphatic heterocycles. The second-order valence-corrected chi connectivity index (χ2v) is 4.68. The Labute approximate surface area is 117 Å². The molecule has 1 saturated heterocycles. The lowest BCUT2D eigenvalue weighted by molar-refractivity contribution is -0.124. The zero-order valence-corrected chi connectivity index (χ0v) is 11.5. The molecule has 0 radical (unpaired) electrons. The summed E-state index contributed by atoms with van der Waals surface area (Å²) < 4.78 is 0. The van der Waals surface area contributed by atoms with Crippen LogP contribution in [0.25, 0.3) is 0 Å². The summed E-state index contributed by atoms with van der Waals surface area (Å²) in [5, 5.41) is 8.48. The molecule has 0 aromatic carbocycles. The Bertz CT molecular complexity index is 491. The summed E-state index contributed by atoms with van der Waals surface area (Å²) in [5.41, 5.74) is 0.212. The third-order valence-electron chi connectivity index (χ3n) is 3.01. The second-order valence-electron chi connectivity index (χ2n) is 4.68. The van der Waals surface area contributed by atoms with Crippen molar-refractivity contribution in [2.24, 2.45) is 0 Å². The van der Waals surface area contributed by atoms with E-state index >= 15 is 0 Å². The highest BCUT2D eigenvalue weighted by Crippen LogP contribution is 2.06. The number of hydrogen-bond donors (Lipinski definition) is 3. The molecular formula is C13H19N5O2. The molecule has 2 amide bonds. The summed E-state index contributed by atoms with van der Waals surface area (Å²) in [6, 6.07) is -0.481. The van der Waals surface area contributed by atoms with Crippen molar-refractivity contribution < 1.29 is 9.59 Å². The number of amides is 2. The van der Waals surface area contributed by atoms with Gasteiger partial charge in [-0.15, -0.1) is 0 Å². The van der Waals surface area contributed by atoms with Gasteiger partial charge in [-0.05, 0) is 19.3 Å². The number of carbonyl (C=O) groups excluding carboxylic acids is 2. The summed E-state index contributed by atoms with van der Waals surface area (Å²) in [5.74, 6) is 0.0464. The van der Waals surface area contributed by atoms with Crippen LogP contribution >= 0.6 is 0 Å². The molecule has 7 heteroatoms. The first-order valence-corrected chi connectivity index (χ1v) is 6.85. The van der Waals surface area contributed by atoms with Crippen molar-refractivity contribution in [2.75, 3.05) is 18.4 Å². The van der Waals surface area contributed by atoms with Crippen molar-refractivity contribution in [1.82, 2.24) is 20.6 Å². The van der Waals surface area contributed by atoms with E-state index in [4.69, 9.17) is 0 Å². The third kappa shape index (κ3) is 3.66. The fraction of sp³-hybridized carbons (Fsp3) is 0.538. The van der Waals surface area contributed by atoms with E-state index in [9.17, 15) is 9.59 Å². The summed E-state index contributed by atoms with van der Waals surface area (Å²) in [6.07, 6.45) is 5.44. The van der Waals surface area contributed by atoms with Crippen LogP contribution in [-0.2, 0) is 4.79 Å². The molecule has 1 unspecified atom stereocenters. The maximum absolute atomic E-state index is 12.1. The van der Waals surface area contributed by atoms with Crippen molar-refractivity contribution in [3.8, 4) is 0 Å². The molecule has 1 aromatic rings. The minimum Gasteiger partial charge on any atom is -0.369 e. The predicted molar refractivity (Wildman–Crippen MR) is 74.3 cm³/mol. The van der Waals surface area contributed by atoms with Crippen LogP contribution in [0.15, 0.2) is 12.4 Å². The number of nitrogens with zero attached hydrogens (tertiary/aromatic N) is 2. The Kier molecular flexibility index (Phi) is 4.86. The van der Waals surface area contributed by atoms with E-state index in [0.29, 0.717) is 18.8 Å². The molecule has 20 heavy (non-hydrogen) atoms. The number of hydrogen-bond acceptors (Lipinski definition) is 5. The van der Waals surface area contributed by atoms with Crippen LogP contribution in [0.3, 0.4) is 0 Å². The fourth-order valence-electron chi connectivity index (χ4n) is 1.96. The highest BCUT2D eigenvalue weighted by molar-refractivity contribution is 5.96. The zero-order valence-electron chi connectivity index (χ0n) is 11.5. The summed E-state index contributed by atoms with van der Waals surface area (Å²) in [6.45, 7) is 3.48. The number of aromatic nitrogens is 2. The van der Waals surface area contributed by atoms with Gasteiger partial charge in [0.2, 0.25) is 5.91 Å². The maximum Gasteiger partial charge on any atom is 0.272 e. The van der Waals surface area contributed by atoms with Gasteiger partial charge in [-0.3, -0.25) is 14.6 Å². The first-order valence-electron chi connectivity index (χ1n) is 6.85. The van der Waals surface area contributed by atoms with E-state index in [0.717, 1.165) is 19.4 Å². The molecule has 2 rings (SSSR count). The molecule has 0 spiro atoms. The molecule has 1 fully saturated rings. The Morgan fingerprint density at radius 2 is 2.35 bits per heavy atom. The highest BCUT2D eigenvalue weighted by Gasteiger charge is 2.24. The third-order valence-corrected chi connectivity index (χ3v) is 3.01. The van der Waals surface area contributed by atoms with Crippen LogP contribution in [0.1, 0.15) is 36.7 Å². The molecule has 0 aliphatic carbocycles. The highest BCUT2D eigenvalue weighted by atomic mass is 16.2. The zero-order chi connectivity index (χ0) is 14.4. The Morgan fingerprint density at radius 1 is 1.50 bits per heavy atom. The van der Waals surface area contributed by atoms with Crippen molar-refractivity contribution in [3.63, 3.8) is 0 Å². The van der Waals surface area contributed by atoms with Gasteiger partial charge in [0, 0.05) is 13.1 Å². The topological polar surface area (TPSA) is 96.0 Å². The molecule has 3 N–H and O–H groups in total. The molecule has 0 bridgehead atoms. The lowest BCUT2D eigenvalue weighted by Crippen LogP contribution is -2.50. The largest absolute Gasteiger partial charge is 0.369 e. The van der Waals surface area contributed by atoms with E-state index in [-0.39, 0.29) is 17.5 Å². The quantitative estimate of drug-likeness (QED) is 0.719. The summed E-state index contributed by atoms with van der Waals surface area (Å²) in [7, 11) is 0. The average Bonchev–Trinajstić information content (AvgIpc) is 2.48. The van der Waals surface area contributed by atoms with Crippen LogP contribution in [0.5, 0.6) is 0 Å². The molecule has 108 valence electrons. The average molecular weight is 277 g/mol. The number of carbonyl (C=O) groups is 2. The Balaban J connectivity index is 1.99. The van der Waals surface area contributed by atoms with Crippen molar-refractivity contribution in [2.45, 2.75) is 32.2 Å². The van der Waals surface area contributed by atoms with Gasteiger partial charge < -0.3 is 16.0 Å². The van der Waals surface area contributed by atoms with Gasteiger partial charge in [0.15, 0.2) is 0 Å². The first kappa shape index (κ1) is 14.2. The summed E-state index contributed by atoms with van der Waals surface area (Å²) >= 11 is 0. The van der Waals surface area contributed by atoms with Crippen molar-refractivity contribution in [3.05, 3.63) is 18.1 Å². The lowest BCUT2D eigenvalue weighted by Gasteiger charge is -2.22. The van der Waals surface area contributed by atoms with Gasteiger partial charge in [0.25, 0.3) is 5.91 Å². The number of piperidine rings is 1. The van der Waals surface area contributed by atoms with E-state index in [1.54, 1.807) is 6.20 Å². The van der Waals surface area contributed by atoms with E-state index < -0.39 is 6.04 Å². The molecule has 1 aromatic heterocycles. The number of rotatable bonds is 5. The van der Waals surface area contributed by atoms with Crippen LogP contribution in [0.4, 0.5) is 5.82 Å². The lowest BCUT2D eigenvalue weighted by atomic mass is 10.1. The second kappa shape index (κ2) is 6.83. The SMILES string of the molecule is CCCNc1cncc(C(=O)NC2CCCNC2=O)n1. The predicted octanol–water partition coefficient (Wildman–Crippen LogP) is 0.307. The van der Waals surface area contributed by atoms with Crippen LogP contribution in [-0.4, -0.2) is 40.9 Å². The molecule has 7 nitrogen and oxygen atoms in total. The normalized spacial score (nSPS) is 18.2. The van der Waals surface area contributed by atoms with Gasteiger partial charge in [0.1, 0.15) is 17.6 Å². The van der Waals surface area contributed by atoms with Crippen molar-refractivity contribution in [1.29, 1.82) is 0 Å². The van der Waals surface area contributed by atoms with Gasteiger partial charge >= 0.3 is 0 Å². The smallest absolute Gasteiger partial charge is 0.272 e. The van der Waals surface area contributed by atoms with E-state index in [1.807, 2.05) is 6.92 Å². The minimum absolute atomic E-state index is 0.141. The number of nitrogens with one attached hydrogen (secondary N) is 3. The number of anilines is 1. The van der Waals surface area contributed by atoms with Crippen LogP contribution < -0.4 is 16.0 Å². The molecule has 0 saturated carbocycles. The molecule has 1 atom stereocenters. The van der Waals surface area contributed by atoms with Gasteiger partial charge in [-0.2, -0.15) is 0 Å². The Hall–Kier alpha value is -2.18. The van der Waals surface area contributed by atoms with Gasteiger partial charge in [0.05, 0.1) is 12.4 Å². The fourth-order valence-corrected chi connectivity index (χ4v) is 1.96. The molecule has 2 heterocycles.